The number of rotatable bonds is 3. The maximum absolute atomic E-state index is 6.19. The SMILES string of the molecule is CC(C)c1cc(B2OCC(C)(C)CO2)ccc1Cl.CC(C)c1cc(Br)ccc1Cl. The Morgan fingerprint density at radius 3 is 1.83 bits per heavy atom. The second-order valence-corrected chi connectivity index (χ2v) is 10.6. The Morgan fingerprint density at radius 2 is 1.34 bits per heavy atom. The summed E-state index contributed by atoms with van der Waals surface area (Å²) in [6, 6.07) is 11.9. The molecule has 0 N–H and O–H groups in total. The lowest BCUT2D eigenvalue weighted by molar-refractivity contribution is 0.0343. The fraction of sp³-hybridized carbons (Fsp3) is 0.478. The summed E-state index contributed by atoms with van der Waals surface area (Å²) >= 11 is 15.6. The van der Waals surface area contributed by atoms with E-state index >= 15 is 0 Å². The Morgan fingerprint density at radius 1 is 0.862 bits per heavy atom. The molecule has 0 atom stereocenters. The van der Waals surface area contributed by atoms with Gasteiger partial charge in [0.25, 0.3) is 0 Å². The van der Waals surface area contributed by atoms with Crippen LogP contribution >= 0.6 is 39.1 Å². The fourth-order valence-corrected chi connectivity index (χ4v) is 4.04. The summed E-state index contributed by atoms with van der Waals surface area (Å²) in [6.45, 7) is 14.3. The molecule has 0 spiro atoms. The van der Waals surface area contributed by atoms with Crippen LogP contribution in [0.1, 0.15) is 64.5 Å². The van der Waals surface area contributed by atoms with Gasteiger partial charge >= 0.3 is 7.12 Å². The van der Waals surface area contributed by atoms with Crippen LogP contribution in [0.3, 0.4) is 0 Å². The minimum Gasteiger partial charge on any atom is -0.407 e. The largest absolute Gasteiger partial charge is 0.493 e. The predicted octanol–water partition coefficient (Wildman–Crippen LogP) is 7.46. The average Bonchev–Trinajstić information content (AvgIpc) is 2.64. The smallest absolute Gasteiger partial charge is 0.407 e. The number of hydrogen-bond donors (Lipinski definition) is 0. The van der Waals surface area contributed by atoms with Crippen molar-refractivity contribution in [1.29, 1.82) is 0 Å². The van der Waals surface area contributed by atoms with Crippen molar-refractivity contribution in [3.05, 3.63) is 62.0 Å². The molecular weight excluding hydrogens is 470 g/mol. The summed E-state index contributed by atoms with van der Waals surface area (Å²) in [7, 11) is -0.257. The first-order chi connectivity index (χ1) is 13.5. The van der Waals surface area contributed by atoms with Crippen LogP contribution in [-0.2, 0) is 9.31 Å². The van der Waals surface area contributed by atoms with Gasteiger partial charge in [-0.05, 0) is 52.7 Å². The first-order valence-electron chi connectivity index (χ1n) is 9.97. The molecular formula is C23H30BBrCl2O2. The summed E-state index contributed by atoms with van der Waals surface area (Å²) < 4.78 is 12.7. The maximum Gasteiger partial charge on any atom is 0.493 e. The molecule has 0 aromatic heterocycles. The molecule has 2 aromatic carbocycles. The van der Waals surface area contributed by atoms with Gasteiger partial charge in [0.2, 0.25) is 0 Å². The van der Waals surface area contributed by atoms with Crippen LogP contribution in [0.5, 0.6) is 0 Å². The molecule has 1 heterocycles. The zero-order valence-electron chi connectivity index (χ0n) is 18.1. The lowest BCUT2D eigenvalue weighted by atomic mass is 9.75. The minimum absolute atomic E-state index is 0.101. The van der Waals surface area contributed by atoms with E-state index in [1.807, 2.05) is 24.3 Å². The van der Waals surface area contributed by atoms with Crippen molar-refractivity contribution >= 4 is 51.7 Å². The number of benzene rings is 2. The first kappa shape index (κ1) is 24.8. The summed E-state index contributed by atoms with van der Waals surface area (Å²) in [6.07, 6.45) is 0. The zero-order valence-corrected chi connectivity index (χ0v) is 21.2. The van der Waals surface area contributed by atoms with E-state index in [1.54, 1.807) is 0 Å². The molecule has 158 valence electrons. The standard InChI is InChI=1S/C14H20BClO2.C9H10BrCl/c1-10(2)12-7-11(5-6-13(12)16)15-17-8-14(3,4)9-18-15;1-6(2)8-5-7(10)3-4-9(8)11/h5-7,10H,8-9H2,1-4H3;3-6H,1-2H3. The molecule has 3 rings (SSSR count). The van der Waals surface area contributed by atoms with E-state index in [9.17, 15) is 0 Å². The lowest BCUT2D eigenvalue weighted by Gasteiger charge is -2.33. The minimum atomic E-state index is -0.257. The topological polar surface area (TPSA) is 18.5 Å². The molecule has 29 heavy (non-hydrogen) atoms. The molecule has 0 amide bonds. The normalized spacial score (nSPS) is 16.0. The van der Waals surface area contributed by atoms with Crippen LogP contribution in [0.25, 0.3) is 0 Å². The molecule has 0 saturated carbocycles. The fourth-order valence-electron chi connectivity index (χ4n) is 2.99. The van der Waals surface area contributed by atoms with Gasteiger partial charge in [-0.2, -0.15) is 0 Å². The van der Waals surface area contributed by atoms with Crippen LogP contribution in [0.15, 0.2) is 40.9 Å². The monoisotopic (exact) mass is 498 g/mol. The number of hydrogen-bond acceptors (Lipinski definition) is 2. The van der Waals surface area contributed by atoms with Crippen LogP contribution in [0, 0.1) is 5.41 Å². The third-order valence-corrected chi connectivity index (χ3v) is 5.93. The molecule has 0 radical (unpaired) electrons. The second kappa shape index (κ2) is 10.7. The van der Waals surface area contributed by atoms with Crippen molar-refractivity contribution in [2.45, 2.75) is 53.4 Å². The molecule has 1 aliphatic heterocycles. The van der Waals surface area contributed by atoms with Crippen LogP contribution in [0.2, 0.25) is 10.0 Å². The van der Waals surface area contributed by atoms with Crippen molar-refractivity contribution < 1.29 is 9.31 Å². The van der Waals surface area contributed by atoms with Gasteiger partial charge in [0.05, 0.1) is 0 Å². The van der Waals surface area contributed by atoms with Crippen molar-refractivity contribution in [3.8, 4) is 0 Å². The number of halogens is 3. The van der Waals surface area contributed by atoms with Gasteiger partial charge < -0.3 is 9.31 Å². The van der Waals surface area contributed by atoms with Crippen molar-refractivity contribution in [2.75, 3.05) is 13.2 Å². The Labute approximate surface area is 194 Å². The first-order valence-corrected chi connectivity index (χ1v) is 11.5. The van der Waals surface area contributed by atoms with E-state index in [1.165, 1.54) is 5.56 Å². The van der Waals surface area contributed by atoms with E-state index in [0.717, 1.165) is 38.8 Å². The van der Waals surface area contributed by atoms with Crippen molar-refractivity contribution in [2.24, 2.45) is 5.41 Å². The van der Waals surface area contributed by atoms with Gasteiger partial charge in [-0.15, -0.1) is 0 Å². The Kier molecular flexibility index (Phi) is 9.12. The van der Waals surface area contributed by atoms with Gasteiger partial charge in [0, 0.05) is 33.1 Å². The Bertz CT molecular complexity index is 815. The summed E-state index contributed by atoms with van der Waals surface area (Å²) in [4.78, 5) is 0. The molecule has 0 bridgehead atoms. The third kappa shape index (κ3) is 7.29. The molecule has 0 aliphatic carbocycles. The molecule has 1 aliphatic rings. The van der Waals surface area contributed by atoms with Crippen LogP contribution in [0.4, 0.5) is 0 Å². The summed E-state index contributed by atoms with van der Waals surface area (Å²) in [5.41, 5.74) is 3.50. The van der Waals surface area contributed by atoms with Gasteiger partial charge in [0.1, 0.15) is 0 Å². The van der Waals surface area contributed by atoms with Gasteiger partial charge in [-0.3, -0.25) is 0 Å². The highest BCUT2D eigenvalue weighted by Gasteiger charge is 2.33. The maximum atomic E-state index is 6.19. The molecule has 1 fully saturated rings. The summed E-state index contributed by atoms with van der Waals surface area (Å²) in [5.74, 6) is 0.887. The molecule has 2 aromatic rings. The van der Waals surface area contributed by atoms with Crippen molar-refractivity contribution in [1.82, 2.24) is 0 Å². The molecule has 1 saturated heterocycles. The van der Waals surface area contributed by atoms with Gasteiger partial charge in [0.15, 0.2) is 0 Å². The highest BCUT2D eigenvalue weighted by Crippen LogP contribution is 2.27. The molecule has 0 unspecified atom stereocenters. The van der Waals surface area contributed by atoms with Crippen LogP contribution < -0.4 is 5.46 Å². The quantitative estimate of drug-likeness (QED) is 0.408. The van der Waals surface area contributed by atoms with E-state index in [4.69, 9.17) is 32.5 Å². The van der Waals surface area contributed by atoms with E-state index < -0.39 is 0 Å². The van der Waals surface area contributed by atoms with Gasteiger partial charge in [-0.1, -0.05) is 92.8 Å². The summed E-state index contributed by atoms with van der Waals surface area (Å²) in [5, 5.41) is 1.66. The Hall–Kier alpha value is -0.515. The van der Waals surface area contributed by atoms with Crippen molar-refractivity contribution in [3.63, 3.8) is 0 Å². The highest BCUT2D eigenvalue weighted by molar-refractivity contribution is 9.10. The highest BCUT2D eigenvalue weighted by atomic mass is 79.9. The van der Waals surface area contributed by atoms with E-state index in [0.29, 0.717) is 11.8 Å². The second-order valence-electron chi connectivity index (χ2n) is 8.87. The van der Waals surface area contributed by atoms with Gasteiger partial charge in [-0.25, -0.2) is 0 Å². The predicted molar refractivity (Wildman–Crippen MR) is 130 cm³/mol. The molecule has 2 nitrogen and oxygen atoms in total. The van der Waals surface area contributed by atoms with E-state index in [2.05, 4.69) is 69.6 Å². The van der Waals surface area contributed by atoms with Crippen LogP contribution in [-0.4, -0.2) is 20.3 Å². The Balaban J connectivity index is 0.000000234. The lowest BCUT2D eigenvalue weighted by Crippen LogP contribution is -2.47. The van der Waals surface area contributed by atoms with E-state index in [-0.39, 0.29) is 12.5 Å². The zero-order chi connectivity index (χ0) is 21.8. The third-order valence-electron chi connectivity index (χ3n) is 4.75. The average molecular weight is 500 g/mol. The molecule has 6 heteroatoms.